The fourth-order valence-corrected chi connectivity index (χ4v) is 5.38. The maximum absolute atomic E-state index is 13.2. The zero-order valence-electron chi connectivity index (χ0n) is 16.5. The van der Waals surface area contributed by atoms with Crippen LogP contribution in [0.1, 0.15) is 28.1 Å². The Morgan fingerprint density at radius 3 is 2.40 bits per heavy atom. The molecular formula is C23H22FNO4S. The number of furan rings is 1. The fraction of sp³-hybridized carbons (Fsp3) is 0.261. The number of carbonyl (C=O) groups excluding carboxylic acids is 1. The first-order chi connectivity index (χ1) is 14.3. The van der Waals surface area contributed by atoms with Gasteiger partial charge in [-0.1, -0.05) is 17.7 Å². The Balaban J connectivity index is 1.61. The van der Waals surface area contributed by atoms with Gasteiger partial charge in [0, 0.05) is 17.2 Å². The van der Waals surface area contributed by atoms with Gasteiger partial charge in [-0.15, -0.1) is 0 Å². The molecule has 1 fully saturated rings. The highest BCUT2D eigenvalue weighted by atomic mass is 32.2. The summed E-state index contributed by atoms with van der Waals surface area (Å²) in [7, 11) is -3.16. The average Bonchev–Trinajstić information content (AvgIpc) is 3.33. The number of carbonyl (C=O) groups is 1. The minimum absolute atomic E-state index is 0.0455. The highest BCUT2D eigenvalue weighted by molar-refractivity contribution is 7.91. The van der Waals surface area contributed by atoms with Crippen molar-refractivity contribution in [3.8, 4) is 11.3 Å². The second kappa shape index (κ2) is 8.07. The minimum Gasteiger partial charge on any atom is -0.459 e. The van der Waals surface area contributed by atoms with Crippen LogP contribution in [0.2, 0.25) is 0 Å². The van der Waals surface area contributed by atoms with Crippen LogP contribution in [0.3, 0.4) is 0 Å². The van der Waals surface area contributed by atoms with Gasteiger partial charge < -0.3 is 9.32 Å². The molecule has 5 nitrogen and oxygen atoms in total. The molecule has 1 atom stereocenters. The molecular weight excluding hydrogens is 405 g/mol. The van der Waals surface area contributed by atoms with E-state index in [0.717, 1.165) is 11.1 Å². The van der Waals surface area contributed by atoms with Crippen molar-refractivity contribution in [2.75, 3.05) is 11.5 Å². The number of hydrogen-bond acceptors (Lipinski definition) is 4. The third kappa shape index (κ3) is 4.46. The first-order valence-electron chi connectivity index (χ1n) is 9.73. The molecule has 4 rings (SSSR count). The Morgan fingerprint density at radius 2 is 1.77 bits per heavy atom. The summed E-state index contributed by atoms with van der Waals surface area (Å²) in [6.07, 6.45) is 0.408. The van der Waals surface area contributed by atoms with Crippen molar-refractivity contribution in [3.63, 3.8) is 0 Å². The van der Waals surface area contributed by atoms with E-state index in [1.165, 1.54) is 12.1 Å². The number of aryl methyl sites for hydroxylation is 1. The summed E-state index contributed by atoms with van der Waals surface area (Å²) in [4.78, 5) is 14.8. The van der Waals surface area contributed by atoms with Crippen molar-refractivity contribution < 1.29 is 22.0 Å². The lowest BCUT2D eigenvalue weighted by Gasteiger charge is -2.27. The molecule has 0 aliphatic carbocycles. The predicted octanol–water partition coefficient (Wildman–Crippen LogP) is 4.22. The van der Waals surface area contributed by atoms with Gasteiger partial charge in [0.25, 0.3) is 5.91 Å². The number of hydrogen-bond donors (Lipinski definition) is 0. The first-order valence-corrected chi connectivity index (χ1v) is 11.6. The molecule has 1 aliphatic heterocycles. The number of benzene rings is 2. The maximum atomic E-state index is 13.2. The van der Waals surface area contributed by atoms with Gasteiger partial charge in [-0.05, 0) is 61.9 Å². The van der Waals surface area contributed by atoms with Crippen LogP contribution >= 0.6 is 0 Å². The summed E-state index contributed by atoms with van der Waals surface area (Å²) in [5.41, 5.74) is 2.27. The molecule has 1 saturated heterocycles. The number of amides is 1. The van der Waals surface area contributed by atoms with E-state index in [4.69, 9.17) is 4.42 Å². The third-order valence-corrected chi connectivity index (χ3v) is 7.08. The molecule has 2 heterocycles. The lowest BCUT2D eigenvalue weighted by molar-refractivity contribution is 0.0666. The number of rotatable bonds is 5. The first kappa shape index (κ1) is 20.3. The molecule has 1 unspecified atom stereocenters. The van der Waals surface area contributed by atoms with E-state index in [-0.39, 0.29) is 29.8 Å². The predicted molar refractivity (Wildman–Crippen MR) is 112 cm³/mol. The van der Waals surface area contributed by atoms with Crippen molar-refractivity contribution in [2.24, 2.45) is 0 Å². The molecule has 7 heteroatoms. The van der Waals surface area contributed by atoms with Crippen LogP contribution in [0.25, 0.3) is 11.3 Å². The summed E-state index contributed by atoms with van der Waals surface area (Å²) < 4.78 is 43.1. The lowest BCUT2D eigenvalue weighted by Crippen LogP contribution is -2.40. The van der Waals surface area contributed by atoms with Crippen LogP contribution in [0, 0.1) is 12.7 Å². The van der Waals surface area contributed by atoms with Crippen molar-refractivity contribution in [2.45, 2.75) is 25.9 Å². The molecule has 1 aliphatic rings. The second-order valence-electron chi connectivity index (χ2n) is 7.63. The average molecular weight is 427 g/mol. The molecule has 1 aromatic heterocycles. The fourth-order valence-electron chi connectivity index (χ4n) is 3.65. The van der Waals surface area contributed by atoms with Crippen molar-refractivity contribution in [1.29, 1.82) is 0 Å². The van der Waals surface area contributed by atoms with Crippen molar-refractivity contribution in [1.82, 2.24) is 4.90 Å². The lowest BCUT2D eigenvalue weighted by atomic mass is 10.1. The van der Waals surface area contributed by atoms with E-state index in [9.17, 15) is 17.6 Å². The third-order valence-electron chi connectivity index (χ3n) is 5.33. The van der Waals surface area contributed by atoms with Crippen molar-refractivity contribution >= 4 is 15.7 Å². The molecule has 0 radical (unpaired) electrons. The summed E-state index contributed by atoms with van der Waals surface area (Å²) >= 11 is 0. The topological polar surface area (TPSA) is 67.6 Å². The smallest absolute Gasteiger partial charge is 0.254 e. The summed E-state index contributed by atoms with van der Waals surface area (Å²) in [6.45, 7) is 2.10. The zero-order valence-corrected chi connectivity index (χ0v) is 17.4. The van der Waals surface area contributed by atoms with Crippen molar-refractivity contribution in [3.05, 3.63) is 83.4 Å². The summed E-state index contributed by atoms with van der Waals surface area (Å²) in [5.74, 6) is 0.579. The van der Waals surface area contributed by atoms with E-state index in [2.05, 4.69) is 0 Å². The van der Waals surface area contributed by atoms with Gasteiger partial charge in [-0.3, -0.25) is 4.79 Å². The maximum Gasteiger partial charge on any atom is 0.254 e. The van der Waals surface area contributed by atoms with Gasteiger partial charge in [0.2, 0.25) is 0 Å². The van der Waals surface area contributed by atoms with E-state index in [1.807, 2.05) is 19.1 Å². The number of halogens is 1. The Morgan fingerprint density at radius 1 is 1.07 bits per heavy atom. The van der Waals surface area contributed by atoms with Crippen LogP contribution in [0.15, 0.2) is 65.1 Å². The highest BCUT2D eigenvalue weighted by Crippen LogP contribution is 2.26. The van der Waals surface area contributed by atoms with Gasteiger partial charge in [0.05, 0.1) is 18.1 Å². The Labute approximate surface area is 175 Å². The molecule has 0 saturated carbocycles. The van der Waals surface area contributed by atoms with E-state index >= 15 is 0 Å². The summed E-state index contributed by atoms with van der Waals surface area (Å²) in [6, 6.07) is 16.3. The molecule has 0 bridgehead atoms. The quantitative estimate of drug-likeness (QED) is 0.611. The van der Waals surface area contributed by atoms with Gasteiger partial charge >= 0.3 is 0 Å². The van der Waals surface area contributed by atoms with Gasteiger partial charge in [-0.2, -0.15) is 0 Å². The minimum atomic E-state index is -3.16. The van der Waals surface area contributed by atoms with E-state index in [0.29, 0.717) is 23.5 Å². The number of nitrogens with zero attached hydrogens (tertiary/aromatic N) is 1. The van der Waals surface area contributed by atoms with E-state index < -0.39 is 15.9 Å². The zero-order chi connectivity index (χ0) is 21.3. The Kier molecular flexibility index (Phi) is 5.47. The number of sulfone groups is 1. The second-order valence-corrected chi connectivity index (χ2v) is 9.86. The normalized spacial score (nSPS) is 17.7. The Bertz CT molecular complexity index is 1150. The SMILES string of the molecule is Cc1ccc(C(=O)N(Cc2ccc(-c3ccc(F)cc3)o2)C2CCS(=O)(=O)C2)cc1. The van der Waals surface area contributed by atoms with Crippen LogP contribution in [-0.4, -0.2) is 36.8 Å². The van der Waals surface area contributed by atoms with Crippen LogP contribution in [0.4, 0.5) is 4.39 Å². The molecule has 0 spiro atoms. The highest BCUT2D eigenvalue weighted by Gasteiger charge is 2.35. The van der Waals surface area contributed by atoms with Gasteiger partial charge in [-0.25, -0.2) is 12.8 Å². The van der Waals surface area contributed by atoms with Gasteiger partial charge in [0.15, 0.2) is 9.84 Å². The van der Waals surface area contributed by atoms with Gasteiger partial charge in [0.1, 0.15) is 17.3 Å². The molecule has 1 amide bonds. The standard InChI is InChI=1S/C23H22FNO4S/c1-16-2-4-18(5-3-16)23(26)25(20-12-13-30(27,28)15-20)14-21-10-11-22(29-21)17-6-8-19(24)9-7-17/h2-11,20H,12-15H2,1H3. The van der Waals surface area contributed by atoms with Crippen LogP contribution in [0.5, 0.6) is 0 Å². The Hall–Kier alpha value is -2.93. The molecule has 2 aromatic carbocycles. The van der Waals surface area contributed by atoms with E-state index in [1.54, 1.807) is 41.3 Å². The largest absolute Gasteiger partial charge is 0.459 e. The molecule has 0 N–H and O–H groups in total. The van der Waals surface area contributed by atoms with Crippen LogP contribution < -0.4 is 0 Å². The molecule has 156 valence electrons. The monoisotopic (exact) mass is 427 g/mol. The molecule has 3 aromatic rings. The summed E-state index contributed by atoms with van der Waals surface area (Å²) in [5, 5.41) is 0. The van der Waals surface area contributed by atoms with Crippen LogP contribution in [-0.2, 0) is 16.4 Å². The molecule has 30 heavy (non-hydrogen) atoms.